The van der Waals surface area contributed by atoms with Crippen molar-refractivity contribution < 1.29 is 4.74 Å². The van der Waals surface area contributed by atoms with Crippen molar-refractivity contribution in [1.29, 1.82) is 0 Å². The Labute approximate surface area is 101 Å². The molecule has 2 rings (SSSR count). The SMILES string of the molecule is CCNCC(C)c1nc2ccc(OC)cc2[nH]1. The molecule has 0 spiro atoms. The van der Waals surface area contributed by atoms with Crippen LogP contribution < -0.4 is 10.1 Å². The van der Waals surface area contributed by atoms with Crippen molar-refractivity contribution in [3.63, 3.8) is 0 Å². The van der Waals surface area contributed by atoms with Crippen LogP contribution in [0, 0.1) is 0 Å². The van der Waals surface area contributed by atoms with Gasteiger partial charge in [0.25, 0.3) is 0 Å². The number of fused-ring (bicyclic) bond motifs is 1. The third-order valence-corrected chi connectivity index (χ3v) is 2.87. The van der Waals surface area contributed by atoms with Crippen molar-refractivity contribution in [2.75, 3.05) is 20.2 Å². The van der Waals surface area contributed by atoms with E-state index in [4.69, 9.17) is 4.74 Å². The van der Waals surface area contributed by atoms with Gasteiger partial charge in [0.1, 0.15) is 11.6 Å². The summed E-state index contributed by atoms with van der Waals surface area (Å²) in [5, 5.41) is 3.33. The second kappa shape index (κ2) is 5.19. The van der Waals surface area contributed by atoms with E-state index in [0.717, 1.165) is 35.7 Å². The highest BCUT2D eigenvalue weighted by molar-refractivity contribution is 5.76. The second-order valence-corrected chi connectivity index (χ2v) is 4.21. The number of ether oxygens (including phenoxy) is 1. The number of methoxy groups -OCH3 is 1. The molecule has 1 heterocycles. The van der Waals surface area contributed by atoms with Gasteiger partial charge in [0.15, 0.2) is 0 Å². The molecule has 0 fully saturated rings. The molecule has 17 heavy (non-hydrogen) atoms. The summed E-state index contributed by atoms with van der Waals surface area (Å²) < 4.78 is 5.20. The zero-order valence-electron chi connectivity index (χ0n) is 10.6. The van der Waals surface area contributed by atoms with Crippen LogP contribution in [-0.4, -0.2) is 30.2 Å². The molecular formula is C13H19N3O. The second-order valence-electron chi connectivity index (χ2n) is 4.21. The van der Waals surface area contributed by atoms with Crippen molar-refractivity contribution in [3.8, 4) is 5.75 Å². The van der Waals surface area contributed by atoms with E-state index in [9.17, 15) is 0 Å². The summed E-state index contributed by atoms with van der Waals surface area (Å²) in [5.41, 5.74) is 2.02. The molecule has 4 nitrogen and oxygen atoms in total. The van der Waals surface area contributed by atoms with Crippen LogP contribution in [0.2, 0.25) is 0 Å². The van der Waals surface area contributed by atoms with E-state index < -0.39 is 0 Å². The lowest BCUT2D eigenvalue weighted by molar-refractivity contribution is 0.415. The molecule has 0 amide bonds. The van der Waals surface area contributed by atoms with Gasteiger partial charge in [0.2, 0.25) is 0 Å². The fraction of sp³-hybridized carbons (Fsp3) is 0.462. The summed E-state index contributed by atoms with van der Waals surface area (Å²) in [6.45, 7) is 6.19. The Morgan fingerprint density at radius 1 is 1.47 bits per heavy atom. The van der Waals surface area contributed by atoms with Gasteiger partial charge < -0.3 is 15.0 Å². The van der Waals surface area contributed by atoms with E-state index >= 15 is 0 Å². The van der Waals surface area contributed by atoms with Crippen molar-refractivity contribution in [2.45, 2.75) is 19.8 Å². The maximum Gasteiger partial charge on any atom is 0.121 e. The fourth-order valence-corrected chi connectivity index (χ4v) is 1.83. The Balaban J connectivity index is 2.24. The first-order chi connectivity index (χ1) is 8.24. The summed E-state index contributed by atoms with van der Waals surface area (Å²) in [4.78, 5) is 7.94. The Kier molecular flexibility index (Phi) is 3.64. The molecule has 0 saturated heterocycles. The number of hydrogen-bond acceptors (Lipinski definition) is 3. The number of likely N-dealkylation sites (N-methyl/N-ethyl adjacent to an activating group) is 1. The van der Waals surface area contributed by atoms with Gasteiger partial charge in [0, 0.05) is 18.5 Å². The van der Waals surface area contributed by atoms with E-state index in [0.29, 0.717) is 5.92 Å². The minimum absolute atomic E-state index is 0.383. The zero-order chi connectivity index (χ0) is 12.3. The Hall–Kier alpha value is -1.55. The molecule has 2 aromatic rings. The minimum Gasteiger partial charge on any atom is -0.497 e. The quantitative estimate of drug-likeness (QED) is 0.833. The average Bonchev–Trinajstić information content (AvgIpc) is 2.78. The summed E-state index contributed by atoms with van der Waals surface area (Å²) in [5.74, 6) is 2.26. The van der Waals surface area contributed by atoms with Gasteiger partial charge in [-0.15, -0.1) is 0 Å². The largest absolute Gasteiger partial charge is 0.497 e. The smallest absolute Gasteiger partial charge is 0.121 e. The number of nitrogens with zero attached hydrogens (tertiary/aromatic N) is 1. The fourth-order valence-electron chi connectivity index (χ4n) is 1.83. The van der Waals surface area contributed by atoms with Gasteiger partial charge in [-0.1, -0.05) is 13.8 Å². The number of rotatable bonds is 5. The molecule has 0 radical (unpaired) electrons. The summed E-state index contributed by atoms with van der Waals surface area (Å²) in [6.07, 6.45) is 0. The molecule has 0 aliphatic heterocycles. The average molecular weight is 233 g/mol. The lowest BCUT2D eigenvalue weighted by atomic mass is 10.2. The van der Waals surface area contributed by atoms with Crippen LogP contribution >= 0.6 is 0 Å². The topological polar surface area (TPSA) is 49.9 Å². The molecule has 1 aromatic heterocycles. The molecule has 92 valence electrons. The third kappa shape index (κ3) is 2.58. The number of aromatic amines is 1. The molecule has 1 aromatic carbocycles. The lowest BCUT2D eigenvalue weighted by Gasteiger charge is -2.07. The molecule has 0 saturated carbocycles. The predicted octanol–water partition coefficient (Wildman–Crippen LogP) is 2.28. The Morgan fingerprint density at radius 3 is 3.00 bits per heavy atom. The van der Waals surface area contributed by atoms with Crippen LogP contribution in [0.3, 0.4) is 0 Å². The molecule has 1 unspecified atom stereocenters. The van der Waals surface area contributed by atoms with Crippen LogP contribution in [0.15, 0.2) is 18.2 Å². The van der Waals surface area contributed by atoms with Crippen LogP contribution in [0.1, 0.15) is 25.6 Å². The lowest BCUT2D eigenvalue weighted by Crippen LogP contribution is -2.19. The van der Waals surface area contributed by atoms with Crippen molar-refractivity contribution in [2.24, 2.45) is 0 Å². The molecule has 0 aliphatic carbocycles. The highest BCUT2D eigenvalue weighted by Gasteiger charge is 2.10. The summed E-state index contributed by atoms with van der Waals surface area (Å²) in [7, 11) is 1.67. The van der Waals surface area contributed by atoms with Gasteiger partial charge >= 0.3 is 0 Å². The number of H-pyrrole nitrogens is 1. The third-order valence-electron chi connectivity index (χ3n) is 2.87. The first-order valence-electron chi connectivity index (χ1n) is 5.99. The normalized spacial score (nSPS) is 12.9. The number of hydrogen-bond donors (Lipinski definition) is 2. The van der Waals surface area contributed by atoms with E-state index in [-0.39, 0.29) is 0 Å². The van der Waals surface area contributed by atoms with Gasteiger partial charge in [-0.3, -0.25) is 0 Å². The minimum atomic E-state index is 0.383. The van der Waals surface area contributed by atoms with Crippen LogP contribution in [-0.2, 0) is 0 Å². The maximum atomic E-state index is 5.20. The molecule has 1 atom stereocenters. The van der Waals surface area contributed by atoms with Crippen LogP contribution in [0.25, 0.3) is 11.0 Å². The van der Waals surface area contributed by atoms with E-state index in [1.807, 2.05) is 18.2 Å². The summed E-state index contributed by atoms with van der Waals surface area (Å²) >= 11 is 0. The highest BCUT2D eigenvalue weighted by Crippen LogP contribution is 2.21. The molecule has 0 aliphatic rings. The standard InChI is InChI=1S/C13H19N3O/c1-4-14-8-9(2)13-15-11-6-5-10(17-3)7-12(11)16-13/h5-7,9,14H,4,8H2,1-3H3,(H,15,16). The number of imidazole rings is 1. The first-order valence-corrected chi connectivity index (χ1v) is 5.99. The van der Waals surface area contributed by atoms with Gasteiger partial charge in [-0.05, 0) is 18.7 Å². The number of aromatic nitrogens is 2. The Bertz CT molecular complexity index is 492. The maximum absolute atomic E-state index is 5.20. The van der Waals surface area contributed by atoms with Crippen molar-refractivity contribution in [3.05, 3.63) is 24.0 Å². The van der Waals surface area contributed by atoms with Crippen LogP contribution in [0.4, 0.5) is 0 Å². The summed E-state index contributed by atoms with van der Waals surface area (Å²) in [6, 6.07) is 5.89. The monoisotopic (exact) mass is 233 g/mol. The zero-order valence-corrected chi connectivity index (χ0v) is 10.6. The van der Waals surface area contributed by atoms with Gasteiger partial charge in [0.05, 0.1) is 18.1 Å². The van der Waals surface area contributed by atoms with E-state index in [2.05, 4.69) is 29.1 Å². The van der Waals surface area contributed by atoms with Gasteiger partial charge in [-0.2, -0.15) is 0 Å². The highest BCUT2D eigenvalue weighted by atomic mass is 16.5. The van der Waals surface area contributed by atoms with E-state index in [1.54, 1.807) is 7.11 Å². The number of benzene rings is 1. The van der Waals surface area contributed by atoms with E-state index in [1.165, 1.54) is 0 Å². The predicted molar refractivity (Wildman–Crippen MR) is 69.6 cm³/mol. The van der Waals surface area contributed by atoms with Crippen molar-refractivity contribution in [1.82, 2.24) is 15.3 Å². The molecular weight excluding hydrogens is 214 g/mol. The Morgan fingerprint density at radius 2 is 2.29 bits per heavy atom. The molecule has 0 bridgehead atoms. The first kappa shape index (κ1) is 11.9. The molecule has 4 heteroatoms. The number of nitrogens with one attached hydrogen (secondary N) is 2. The van der Waals surface area contributed by atoms with Gasteiger partial charge in [-0.25, -0.2) is 4.98 Å². The van der Waals surface area contributed by atoms with Crippen LogP contribution in [0.5, 0.6) is 5.75 Å². The van der Waals surface area contributed by atoms with Crippen molar-refractivity contribution >= 4 is 11.0 Å². The molecule has 2 N–H and O–H groups in total.